The number of hydrogen-bond donors (Lipinski definition) is 0. The van der Waals surface area contributed by atoms with Crippen LogP contribution in [0.5, 0.6) is 0 Å². The highest BCUT2D eigenvalue weighted by Crippen LogP contribution is 2.33. The third-order valence-corrected chi connectivity index (χ3v) is 6.94. The zero-order valence-corrected chi connectivity index (χ0v) is 19.1. The molecule has 0 aromatic heterocycles. The maximum atomic E-state index is 2.35. The van der Waals surface area contributed by atoms with Gasteiger partial charge >= 0.3 is 0 Å². The lowest BCUT2D eigenvalue weighted by Crippen LogP contribution is -2.02. The molecule has 1 aliphatic rings. The number of benzene rings is 5. The van der Waals surface area contributed by atoms with Crippen LogP contribution >= 0.6 is 0 Å². The Labute approximate surface area is 191 Å². The zero-order valence-electron chi connectivity index (χ0n) is 19.1. The maximum absolute atomic E-state index is 2.35. The second-order valence-corrected chi connectivity index (χ2v) is 9.03. The van der Waals surface area contributed by atoms with Crippen LogP contribution in [0.2, 0.25) is 0 Å². The quantitative estimate of drug-likeness (QED) is 0.257. The molecular formula is C32H32. The molecular weight excluding hydrogens is 384 g/mol. The van der Waals surface area contributed by atoms with E-state index in [1.807, 2.05) is 0 Å². The maximum Gasteiger partial charge on any atom is -0.0102 e. The Bertz CT molecular complexity index is 1350. The number of rotatable bonds is 3. The van der Waals surface area contributed by atoms with Gasteiger partial charge in [-0.2, -0.15) is 0 Å². The molecule has 32 heavy (non-hydrogen) atoms. The van der Waals surface area contributed by atoms with E-state index in [1.54, 1.807) is 11.1 Å². The summed E-state index contributed by atoms with van der Waals surface area (Å²) >= 11 is 0. The van der Waals surface area contributed by atoms with Crippen molar-refractivity contribution in [3.8, 4) is 0 Å². The lowest BCUT2D eigenvalue weighted by atomic mass is 9.86. The summed E-state index contributed by atoms with van der Waals surface area (Å²) in [5.41, 5.74) is 4.67. The van der Waals surface area contributed by atoms with Crippen molar-refractivity contribution >= 4 is 32.3 Å². The first kappa shape index (κ1) is 20.8. The topological polar surface area (TPSA) is 0 Å². The molecule has 0 aliphatic heterocycles. The van der Waals surface area contributed by atoms with Crippen LogP contribution in [0.1, 0.15) is 49.3 Å². The van der Waals surface area contributed by atoms with E-state index in [0.29, 0.717) is 0 Å². The average molecular weight is 417 g/mol. The summed E-state index contributed by atoms with van der Waals surface area (Å²) in [6, 6.07) is 33.2. The largest absolute Gasteiger partial charge is 0.0654 e. The van der Waals surface area contributed by atoms with Gasteiger partial charge in [0.25, 0.3) is 0 Å². The molecule has 0 amide bonds. The molecule has 0 fully saturated rings. The van der Waals surface area contributed by atoms with Gasteiger partial charge in [0.05, 0.1) is 0 Å². The normalized spacial score (nSPS) is 13.0. The summed E-state index contributed by atoms with van der Waals surface area (Å²) in [6.45, 7) is 2.24. The first-order chi connectivity index (χ1) is 15.8. The molecule has 0 heterocycles. The molecule has 5 aromatic rings. The van der Waals surface area contributed by atoms with Gasteiger partial charge < -0.3 is 0 Å². The highest BCUT2D eigenvalue weighted by molar-refractivity contribution is 6.08. The van der Waals surface area contributed by atoms with Crippen LogP contribution in [-0.4, -0.2) is 0 Å². The Kier molecular flexibility index (Phi) is 6.21. The molecule has 0 heteroatoms. The van der Waals surface area contributed by atoms with E-state index in [1.165, 1.54) is 82.8 Å². The molecule has 160 valence electrons. The fourth-order valence-electron chi connectivity index (χ4n) is 5.22. The summed E-state index contributed by atoms with van der Waals surface area (Å²) in [5.74, 6) is 0. The summed E-state index contributed by atoms with van der Waals surface area (Å²) < 4.78 is 0. The Balaban J connectivity index is 0.000000140. The van der Waals surface area contributed by atoms with E-state index in [2.05, 4.69) is 97.9 Å². The molecule has 6 rings (SSSR count). The van der Waals surface area contributed by atoms with Crippen LogP contribution in [0.4, 0.5) is 0 Å². The highest BCUT2D eigenvalue weighted by Gasteiger charge is 2.13. The van der Waals surface area contributed by atoms with Crippen LogP contribution in [0, 0.1) is 0 Å². The van der Waals surface area contributed by atoms with Crippen molar-refractivity contribution < 1.29 is 0 Å². The number of fused-ring (bicyclic) bond motifs is 6. The van der Waals surface area contributed by atoms with Crippen molar-refractivity contribution in [1.29, 1.82) is 0 Å². The molecule has 0 unspecified atom stereocenters. The van der Waals surface area contributed by atoms with Gasteiger partial charge in [0.15, 0.2) is 0 Å². The van der Waals surface area contributed by atoms with E-state index < -0.39 is 0 Å². The smallest absolute Gasteiger partial charge is 0.0102 e. The fourth-order valence-corrected chi connectivity index (χ4v) is 5.22. The first-order valence-electron chi connectivity index (χ1n) is 12.2. The van der Waals surface area contributed by atoms with Crippen molar-refractivity contribution in [3.63, 3.8) is 0 Å². The van der Waals surface area contributed by atoms with Gasteiger partial charge in [0.2, 0.25) is 0 Å². The van der Waals surface area contributed by atoms with Crippen molar-refractivity contribution in [2.24, 2.45) is 0 Å². The lowest BCUT2D eigenvalue weighted by Gasteiger charge is -2.18. The van der Waals surface area contributed by atoms with Gasteiger partial charge in [-0.3, -0.25) is 0 Å². The Hall–Kier alpha value is -3.12. The SMILES string of the molecule is CCCCc1cccc2ccccc12.c1ccc2c(c1)ccc1c3c(ccc12)CCCC3. The molecule has 0 N–H and O–H groups in total. The second kappa shape index (κ2) is 9.57. The molecule has 0 saturated heterocycles. The molecule has 5 aromatic carbocycles. The van der Waals surface area contributed by atoms with Crippen molar-refractivity contribution in [2.45, 2.75) is 51.9 Å². The number of aryl methyl sites for hydroxylation is 3. The second-order valence-electron chi connectivity index (χ2n) is 9.03. The fraction of sp³-hybridized carbons (Fsp3) is 0.250. The Morgan fingerprint density at radius 1 is 0.562 bits per heavy atom. The molecule has 0 bridgehead atoms. The van der Waals surface area contributed by atoms with Crippen LogP contribution in [0.3, 0.4) is 0 Å². The van der Waals surface area contributed by atoms with Gasteiger partial charge in [-0.1, -0.05) is 104 Å². The van der Waals surface area contributed by atoms with Gasteiger partial charge in [-0.15, -0.1) is 0 Å². The standard InChI is InChI=1S/C18H16.C14H16/c1-3-7-15-13(5-1)9-11-18-16-8-4-2-6-14(16)10-12-17(15)18;1-2-3-7-12-9-6-10-13-8-4-5-11-14(12)13/h1,3,5,7,9-12H,2,4,6,8H2;4-6,8-11H,2-3,7H2,1H3. The third kappa shape index (κ3) is 4.15. The number of unbranched alkanes of at least 4 members (excludes halogenated alkanes) is 1. The van der Waals surface area contributed by atoms with Gasteiger partial charge in [0.1, 0.15) is 0 Å². The summed E-state index contributed by atoms with van der Waals surface area (Å²) in [6.07, 6.45) is 8.98. The van der Waals surface area contributed by atoms with Crippen molar-refractivity contribution in [3.05, 3.63) is 108 Å². The van der Waals surface area contributed by atoms with Crippen molar-refractivity contribution in [2.75, 3.05) is 0 Å². The molecule has 0 radical (unpaired) electrons. The molecule has 1 aliphatic carbocycles. The van der Waals surface area contributed by atoms with Gasteiger partial charge in [-0.25, -0.2) is 0 Å². The van der Waals surface area contributed by atoms with E-state index in [9.17, 15) is 0 Å². The van der Waals surface area contributed by atoms with E-state index >= 15 is 0 Å². The van der Waals surface area contributed by atoms with Crippen molar-refractivity contribution in [1.82, 2.24) is 0 Å². The zero-order chi connectivity index (χ0) is 21.8. The molecule has 0 nitrogen and oxygen atoms in total. The predicted octanol–water partition coefficient (Wildman–Crippen LogP) is 9.05. The van der Waals surface area contributed by atoms with Gasteiger partial charge in [-0.05, 0) is 87.5 Å². The summed E-state index contributed by atoms with van der Waals surface area (Å²) in [7, 11) is 0. The Morgan fingerprint density at radius 3 is 2.09 bits per heavy atom. The first-order valence-corrected chi connectivity index (χ1v) is 12.2. The summed E-state index contributed by atoms with van der Waals surface area (Å²) in [4.78, 5) is 0. The minimum absolute atomic E-state index is 1.21. The van der Waals surface area contributed by atoms with Crippen LogP contribution in [0.15, 0.2) is 91.0 Å². The van der Waals surface area contributed by atoms with E-state index in [0.717, 1.165) is 0 Å². The van der Waals surface area contributed by atoms with Crippen LogP contribution < -0.4 is 0 Å². The van der Waals surface area contributed by atoms with Crippen LogP contribution in [0.25, 0.3) is 32.3 Å². The number of hydrogen-bond acceptors (Lipinski definition) is 0. The minimum Gasteiger partial charge on any atom is -0.0654 e. The average Bonchev–Trinajstić information content (AvgIpc) is 2.87. The van der Waals surface area contributed by atoms with E-state index in [4.69, 9.17) is 0 Å². The van der Waals surface area contributed by atoms with Crippen LogP contribution in [-0.2, 0) is 19.3 Å². The highest BCUT2D eigenvalue weighted by atomic mass is 14.2. The Morgan fingerprint density at radius 2 is 1.25 bits per heavy atom. The minimum atomic E-state index is 1.21. The molecule has 0 spiro atoms. The van der Waals surface area contributed by atoms with E-state index in [-0.39, 0.29) is 0 Å². The third-order valence-electron chi connectivity index (χ3n) is 6.94. The summed E-state index contributed by atoms with van der Waals surface area (Å²) in [5, 5.41) is 8.42. The van der Waals surface area contributed by atoms with Gasteiger partial charge in [0, 0.05) is 0 Å². The monoisotopic (exact) mass is 416 g/mol. The molecule has 0 atom stereocenters. The predicted molar refractivity (Wildman–Crippen MR) is 141 cm³/mol. The molecule has 0 saturated carbocycles. The lowest BCUT2D eigenvalue weighted by molar-refractivity contribution is 0.690.